The summed E-state index contributed by atoms with van der Waals surface area (Å²) in [6.07, 6.45) is 0. The molecule has 1 amide bonds. The first-order valence-electron chi connectivity index (χ1n) is 8.80. The molecule has 1 heterocycles. The molecule has 29 heavy (non-hydrogen) atoms. The normalized spacial score (nSPS) is 10.8. The minimum Gasteiger partial charge on any atom is -0.324 e. The molecule has 0 aliphatic carbocycles. The minimum atomic E-state index is -0.211. The molecular weight excluding hydrogens is 425 g/mol. The van der Waals surface area contributed by atoms with E-state index in [-0.39, 0.29) is 11.7 Å². The number of amides is 1. The van der Waals surface area contributed by atoms with Gasteiger partial charge in [0, 0.05) is 10.9 Å². The average molecular weight is 440 g/mol. The van der Waals surface area contributed by atoms with Crippen LogP contribution in [0.3, 0.4) is 0 Å². The highest BCUT2D eigenvalue weighted by molar-refractivity contribution is 7.99. The van der Waals surface area contributed by atoms with E-state index in [1.54, 1.807) is 18.2 Å². The number of benzene rings is 3. The maximum Gasteiger partial charge on any atom is 0.234 e. The SMILES string of the molecule is O=C(CSc1nc(-c2ccccc2)c2ccccc2n1)Nc1cccc(Cl)c1Cl. The van der Waals surface area contributed by atoms with Gasteiger partial charge in [0.25, 0.3) is 0 Å². The molecule has 1 N–H and O–H groups in total. The fourth-order valence-corrected chi connectivity index (χ4v) is 3.85. The van der Waals surface area contributed by atoms with Crippen molar-refractivity contribution in [3.8, 4) is 11.3 Å². The topological polar surface area (TPSA) is 54.9 Å². The van der Waals surface area contributed by atoms with Gasteiger partial charge >= 0.3 is 0 Å². The highest BCUT2D eigenvalue weighted by Gasteiger charge is 2.13. The molecule has 7 heteroatoms. The summed E-state index contributed by atoms with van der Waals surface area (Å²) in [5, 5.41) is 4.99. The van der Waals surface area contributed by atoms with E-state index in [0.717, 1.165) is 22.2 Å². The Labute approximate surface area is 182 Å². The highest BCUT2D eigenvalue weighted by atomic mass is 35.5. The van der Waals surface area contributed by atoms with E-state index >= 15 is 0 Å². The zero-order valence-electron chi connectivity index (χ0n) is 15.1. The number of carbonyl (C=O) groups excluding carboxylic acids is 1. The van der Waals surface area contributed by atoms with Gasteiger partial charge in [0.15, 0.2) is 5.16 Å². The summed E-state index contributed by atoms with van der Waals surface area (Å²) >= 11 is 13.4. The molecular formula is C22H15Cl2N3OS. The molecule has 144 valence electrons. The molecule has 3 aromatic carbocycles. The number of para-hydroxylation sites is 1. The molecule has 0 fully saturated rings. The number of hydrogen-bond donors (Lipinski definition) is 1. The fraction of sp³-hybridized carbons (Fsp3) is 0.0455. The maximum absolute atomic E-state index is 12.4. The Hall–Kier alpha value is -2.60. The van der Waals surface area contributed by atoms with E-state index in [2.05, 4.69) is 10.3 Å². The third kappa shape index (κ3) is 4.53. The van der Waals surface area contributed by atoms with Crippen molar-refractivity contribution in [2.45, 2.75) is 5.16 Å². The van der Waals surface area contributed by atoms with E-state index in [1.165, 1.54) is 11.8 Å². The fourth-order valence-electron chi connectivity index (χ4n) is 2.85. The van der Waals surface area contributed by atoms with Gasteiger partial charge in [0.05, 0.1) is 32.7 Å². The molecule has 1 aromatic heterocycles. The molecule has 4 rings (SSSR count). The van der Waals surface area contributed by atoms with Crippen LogP contribution in [0.4, 0.5) is 5.69 Å². The number of nitrogens with zero attached hydrogens (tertiary/aromatic N) is 2. The summed E-state index contributed by atoms with van der Waals surface area (Å²) in [6, 6.07) is 22.9. The third-order valence-electron chi connectivity index (χ3n) is 4.19. The predicted molar refractivity (Wildman–Crippen MR) is 121 cm³/mol. The summed E-state index contributed by atoms with van der Waals surface area (Å²) in [5.74, 6) is -0.0627. The Morgan fingerprint density at radius 2 is 1.66 bits per heavy atom. The van der Waals surface area contributed by atoms with Gasteiger partial charge in [-0.3, -0.25) is 4.79 Å². The summed E-state index contributed by atoms with van der Waals surface area (Å²) in [4.78, 5) is 21.7. The van der Waals surface area contributed by atoms with E-state index < -0.39 is 0 Å². The summed E-state index contributed by atoms with van der Waals surface area (Å²) in [6.45, 7) is 0. The quantitative estimate of drug-likeness (QED) is 0.291. The van der Waals surface area contributed by atoms with Crippen LogP contribution in [-0.2, 0) is 4.79 Å². The van der Waals surface area contributed by atoms with Crippen molar-refractivity contribution in [1.29, 1.82) is 0 Å². The summed E-state index contributed by atoms with van der Waals surface area (Å²) < 4.78 is 0. The molecule has 0 unspecified atom stereocenters. The number of halogens is 2. The lowest BCUT2D eigenvalue weighted by atomic mass is 10.1. The Balaban J connectivity index is 1.57. The van der Waals surface area contributed by atoms with Crippen molar-refractivity contribution in [3.05, 3.63) is 82.8 Å². The van der Waals surface area contributed by atoms with Crippen LogP contribution >= 0.6 is 35.0 Å². The predicted octanol–water partition coefficient (Wildman–Crippen LogP) is 6.33. The number of nitrogens with one attached hydrogen (secondary N) is 1. The van der Waals surface area contributed by atoms with E-state index in [4.69, 9.17) is 28.2 Å². The van der Waals surface area contributed by atoms with Crippen LogP contribution < -0.4 is 5.32 Å². The van der Waals surface area contributed by atoms with Crippen LogP contribution in [0.2, 0.25) is 10.0 Å². The van der Waals surface area contributed by atoms with Gasteiger partial charge in [0.2, 0.25) is 5.91 Å². The zero-order chi connectivity index (χ0) is 20.2. The number of rotatable bonds is 5. The van der Waals surface area contributed by atoms with Gasteiger partial charge < -0.3 is 5.32 Å². The Morgan fingerprint density at radius 3 is 2.48 bits per heavy atom. The number of hydrogen-bond acceptors (Lipinski definition) is 4. The Bertz CT molecular complexity index is 1190. The summed E-state index contributed by atoms with van der Waals surface area (Å²) in [5.41, 5.74) is 3.16. The first kappa shape index (κ1) is 19.7. The first-order valence-corrected chi connectivity index (χ1v) is 10.5. The van der Waals surface area contributed by atoms with Crippen LogP contribution in [0.15, 0.2) is 78.0 Å². The lowest BCUT2D eigenvalue weighted by Crippen LogP contribution is -2.14. The number of aromatic nitrogens is 2. The smallest absolute Gasteiger partial charge is 0.234 e. The van der Waals surface area contributed by atoms with Crippen LogP contribution in [0.5, 0.6) is 0 Å². The van der Waals surface area contributed by atoms with Crippen molar-refractivity contribution in [2.24, 2.45) is 0 Å². The number of fused-ring (bicyclic) bond motifs is 1. The number of anilines is 1. The van der Waals surface area contributed by atoms with Crippen LogP contribution in [-0.4, -0.2) is 21.6 Å². The lowest BCUT2D eigenvalue weighted by Gasteiger charge is -2.10. The molecule has 0 aliphatic heterocycles. The Morgan fingerprint density at radius 1 is 0.897 bits per heavy atom. The lowest BCUT2D eigenvalue weighted by molar-refractivity contribution is -0.113. The second-order valence-corrected chi connectivity index (χ2v) is 7.90. The standard InChI is InChI=1S/C22H15Cl2N3OS/c23-16-10-6-12-18(20(16)24)25-19(28)13-29-22-26-17-11-5-4-9-15(17)21(27-22)14-7-2-1-3-8-14/h1-12H,13H2,(H,25,28). The molecule has 0 spiro atoms. The average Bonchev–Trinajstić information content (AvgIpc) is 2.75. The molecule has 0 saturated carbocycles. The van der Waals surface area contributed by atoms with Gasteiger partial charge in [-0.05, 0) is 18.2 Å². The molecule has 4 nitrogen and oxygen atoms in total. The van der Waals surface area contributed by atoms with Gasteiger partial charge in [-0.1, -0.05) is 89.6 Å². The number of thioether (sulfide) groups is 1. The largest absolute Gasteiger partial charge is 0.324 e. The van der Waals surface area contributed by atoms with Crippen molar-refractivity contribution in [1.82, 2.24) is 9.97 Å². The van der Waals surface area contributed by atoms with Crippen molar-refractivity contribution < 1.29 is 4.79 Å². The van der Waals surface area contributed by atoms with Crippen LogP contribution in [0, 0.1) is 0 Å². The third-order valence-corrected chi connectivity index (χ3v) is 5.85. The molecule has 0 bridgehead atoms. The van der Waals surface area contributed by atoms with E-state index in [9.17, 15) is 4.79 Å². The molecule has 0 radical (unpaired) electrons. The monoisotopic (exact) mass is 439 g/mol. The molecule has 0 saturated heterocycles. The zero-order valence-corrected chi connectivity index (χ0v) is 17.4. The van der Waals surface area contributed by atoms with Gasteiger partial charge in [-0.25, -0.2) is 9.97 Å². The second kappa shape index (κ2) is 8.82. The Kier molecular flexibility index (Phi) is 6.00. The van der Waals surface area contributed by atoms with Crippen molar-refractivity contribution in [2.75, 3.05) is 11.1 Å². The molecule has 4 aromatic rings. The highest BCUT2D eigenvalue weighted by Crippen LogP contribution is 2.31. The van der Waals surface area contributed by atoms with Gasteiger partial charge in [0.1, 0.15) is 0 Å². The maximum atomic E-state index is 12.4. The van der Waals surface area contributed by atoms with Crippen LogP contribution in [0.25, 0.3) is 22.2 Å². The number of carbonyl (C=O) groups is 1. The van der Waals surface area contributed by atoms with Gasteiger partial charge in [-0.15, -0.1) is 0 Å². The van der Waals surface area contributed by atoms with E-state index in [0.29, 0.717) is 20.9 Å². The van der Waals surface area contributed by atoms with Crippen molar-refractivity contribution in [3.63, 3.8) is 0 Å². The molecule has 0 aliphatic rings. The summed E-state index contributed by atoms with van der Waals surface area (Å²) in [7, 11) is 0. The first-order chi connectivity index (χ1) is 14.1. The second-order valence-electron chi connectivity index (χ2n) is 6.18. The minimum absolute atomic E-state index is 0.148. The van der Waals surface area contributed by atoms with Gasteiger partial charge in [-0.2, -0.15) is 0 Å². The van der Waals surface area contributed by atoms with Crippen LogP contribution in [0.1, 0.15) is 0 Å². The van der Waals surface area contributed by atoms with Crippen molar-refractivity contribution >= 4 is 57.5 Å². The molecule has 0 atom stereocenters. The van der Waals surface area contributed by atoms with E-state index in [1.807, 2.05) is 54.6 Å².